The summed E-state index contributed by atoms with van der Waals surface area (Å²) in [5.74, 6) is 1.82. The summed E-state index contributed by atoms with van der Waals surface area (Å²) in [6, 6.07) is 10.8. The maximum atomic E-state index is 14.2. The molecule has 0 spiro atoms. The third kappa shape index (κ3) is 4.55. The number of esters is 1. The molecule has 5 aromatic rings. The van der Waals surface area contributed by atoms with Crippen LogP contribution < -0.4 is 5.32 Å². The van der Waals surface area contributed by atoms with E-state index in [-0.39, 0.29) is 23.8 Å². The highest BCUT2D eigenvalue weighted by Crippen LogP contribution is 2.47. The number of carbonyl (C=O) groups excluding carboxylic acids is 1. The zero-order valence-corrected chi connectivity index (χ0v) is 22.8. The summed E-state index contributed by atoms with van der Waals surface area (Å²) in [7, 11) is 1.96. The summed E-state index contributed by atoms with van der Waals surface area (Å²) in [4.78, 5) is 26.8. The molecule has 0 saturated heterocycles. The summed E-state index contributed by atoms with van der Waals surface area (Å²) in [6.45, 7) is 2.19. The van der Waals surface area contributed by atoms with Crippen LogP contribution in [0.15, 0.2) is 53.2 Å². The van der Waals surface area contributed by atoms with Crippen molar-refractivity contribution in [3.63, 3.8) is 0 Å². The highest BCUT2D eigenvalue weighted by atomic mass is 19.1. The second kappa shape index (κ2) is 10.1. The monoisotopic (exact) mass is 555 g/mol. The van der Waals surface area contributed by atoms with Crippen molar-refractivity contribution in [2.45, 2.75) is 38.6 Å². The van der Waals surface area contributed by atoms with E-state index in [4.69, 9.17) is 19.1 Å². The Balaban J connectivity index is 1.32. The van der Waals surface area contributed by atoms with Crippen molar-refractivity contribution in [3.8, 4) is 34.4 Å². The molecule has 3 aliphatic rings. The van der Waals surface area contributed by atoms with Crippen LogP contribution in [0.3, 0.4) is 0 Å². The summed E-state index contributed by atoms with van der Waals surface area (Å²) in [5.41, 5.74) is 2.28. The van der Waals surface area contributed by atoms with Gasteiger partial charge in [0.05, 0.1) is 29.8 Å². The Hall–Kier alpha value is -4.54. The smallest absolute Gasteiger partial charge is 0.311 e. The number of fused-ring (bicyclic) bond motifs is 4. The number of H-pyrrole nitrogens is 1. The molecule has 210 valence electrons. The predicted molar refractivity (Wildman–Crippen MR) is 150 cm³/mol. The molecule has 41 heavy (non-hydrogen) atoms. The highest BCUT2D eigenvalue weighted by molar-refractivity contribution is 5.89. The number of carbonyl (C=O) groups is 1. The lowest BCUT2D eigenvalue weighted by Gasteiger charge is -2.47. The second-order valence-corrected chi connectivity index (χ2v) is 10.9. The van der Waals surface area contributed by atoms with Gasteiger partial charge in [-0.1, -0.05) is 0 Å². The standard InChI is InChI=1S/C30H30FN7O3/c1-3-40-30(39)25-16-6-8-17(9-7-16)26(25)34-24-14-20(22-10-11-23(41-22)21-5-4-12-38(21)2)33-29(35-24)27-19-13-18(31)15-32-28(19)37-36-27/h4-5,10-17,25-26H,3,6-9H2,1-2H3,(H,32,36,37)(H,33,34,35)/t16?,17?,25-,26-/m0/s1. The average Bonchev–Trinajstić information content (AvgIpc) is 3.73. The predicted octanol–water partition coefficient (Wildman–Crippen LogP) is 5.60. The van der Waals surface area contributed by atoms with Gasteiger partial charge < -0.3 is 19.0 Å². The number of pyridine rings is 1. The Morgan fingerprint density at radius 3 is 2.73 bits per heavy atom. The lowest BCUT2D eigenvalue weighted by molar-refractivity contribution is -0.154. The number of rotatable bonds is 7. The lowest BCUT2D eigenvalue weighted by Crippen LogP contribution is -2.52. The van der Waals surface area contributed by atoms with Crippen LogP contribution in [0.5, 0.6) is 0 Å². The quantitative estimate of drug-likeness (QED) is 0.249. The first-order chi connectivity index (χ1) is 20.0. The van der Waals surface area contributed by atoms with Crippen LogP contribution in [0.25, 0.3) is 45.5 Å². The van der Waals surface area contributed by atoms with E-state index < -0.39 is 5.82 Å². The van der Waals surface area contributed by atoms with E-state index in [0.717, 1.165) is 37.6 Å². The normalized spacial score (nSPS) is 21.8. The maximum Gasteiger partial charge on any atom is 0.311 e. The minimum atomic E-state index is -0.483. The molecule has 10 nitrogen and oxygen atoms in total. The molecule has 3 saturated carbocycles. The number of anilines is 1. The van der Waals surface area contributed by atoms with Gasteiger partial charge in [0.2, 0.25) is 0 Å². The van der Waals surface area contributed by atoms with Crippen LogP contribution in [-0.2, 0) is 16.6 Å². The van der Waals surface area contributed by atoms with E-state index in [2.05, 4.69) is 20.5 Å². The van der Waals surface area contributed by atoms with E-state index in [9.17, 15) is 9.18 Å². The third-order valence-corrected chi connectivity index (χ3v) is 8.47. The minimum Gasteiger partial charge on any atom is -0.466 e. The molecule has 3 fully saturated rings. The van der Waals surface area contributed by atoms with E-state index in [1.54, 1.807) is 0 Å². The van der Waals surface area contributed by atoms with Crippen LogP contribution in [0.1, 0.15) is 32.6 Å². The first-order valence-corrected chi connectivity index (χ1v) is 14.0. The van der Waals surface area contributed by atoms with E-state index in [1.807, 2.05) is 55.1 Å². The van der Waals surface area contributed by atoms with Gasteiger partial charge in [-0.15, -0.1) is 0 Å². The van der Waals surface area contributed by atoms with Gasteiger partial charge in [0.1, 0.15) is 23.0 Å². The van der Waals surface area contributed by atoms with Crippen molar-refractivity contribution in [3.05, 3.63) is 54.6 Å². The second-order valence-electron chi connectivity index (χ2n) is 10.9. The van der Waals surface area contributed by atoms with Crippen molar-refractivity contribution in [2.75, 3.05) is 11.9 Å². The van der Waals surface area contributed by atoms with E-state index in [0.29, 0.717) is 58.1 Å². The topological polar surface area (TPSA) is 124 Å². The van der Waals surface area contributed by atoms with Crippen LogP contribution in [-0.4, -0.2) is 48.3 Å². The number of aryl methyl sites for hydroxylation is 1. The van der Waals surface area contributed by atoms with Gasteiger partial charge in [-0.2, -0.15) is 5.10 Å². The minimum absolute atomic E-state index is 0.120. The van der Waals surface area contributed by atoms with Crippen molar-refractivity contribution in [2.24, 2.45) is 24.8 Å². The summed E-state index contributed by atoms with van der Waals surface area (Å²) >= 11 is 0. The Kier molecular flexibility index (Phi) is 6.29. The largest absolute Gasteiger partial charge is 0.466 e. The zero-order chi connectivity index (χ0) is 28.1. The molecule has 0 aromatic carbocycles. The van der Waals surface area contributed by atoms with Crippen LogP contribution >= 0.6 is 0 Å². The summed E-state index contributed by atoms with van der Waals surface area (Å²) in [5, 5.41) is 11.2. The van der Waals surface area contributed by atoms with Gasteiger partial charge in [-0.25, -0.2) is 19.3 Å². The van der Waals surface area contributed by atoms with Gasteiger partial charge in [-0.05, 0) is 74.8 Å². The van der Waals surface area contributed by atoms with Crippen LogP contribution in [0.4, 0.5) is 10.2 Å². The number of halogens is 1. The van der Waals surface area contributed by atoms with Gasteiger partial charge >= 0.3 is 5.97 Å². The van der Waals surface area contributed by atoms with Gasteiger partial charge in [0, 0.05) is 25.4 Å². The number of hydrogen-bond donors (Lipinski definition) is 2. The van der Waals surface area contributed by atoms with Crippen molar-refractivity contribution in [1.82, 2.24) is 29.7 Å². The number of nitrogens with one attached hydrogen (secondary N) is 2. The molecule has 0 aliphatic heterocycles. The molecule has 0 radical (unpaired) electrons. The van der Waals surface area contributed by atoms with Gasteiger partial charge in [0.15, 0.2) is 23.0 Å². The summed E-state index contributed by atoms with van der Waals surface area (Å²) in [6.07, 6.45) is 7.24. The zero-order valence-electron chi connectivity index (χ0n) is 22.8. The van der Waals surface area contributed by atoms with Crippen molar-refractivity contribution < 1.29 is 18.3 Å². The molecular formula is C30H30FN7O3. The third-order valence-electron chi connectivity index (χ3n) is 8.47. The average molecular weight is 556 g/mol. The van der Waals surface area contributed by atoms with Crippen LogP contribution in [0, 0.1) is 23.6 Å². The molecule has 0 unspecified atom stereocenters. The number of ether oxygens (including phenoxy) is 1. The molecular weight excluding hydrogens is 525 g/mol. The highest BCUT2D eigenvalue weighted by Gasteiger charge is 2.48. The fourth-order valence-electron chi connectivity index (χ4n) is 6.54. The molecule has 2 bridgehead atoms. The fraction of sp³-hybridized carbons (Fsp3) is 0.367. The first kappa shape index (κ1) is 25.4. The fourth-order valence-corrected chi connectivity index (χ4v) is 6.54. The van der Waals surface area contributed by atoms with Crippen LogP contribution in [0.2, 0.25) is 0 Å². The maximum absolute atomic E-state index is 14.2. The molecule has 5 aromatic heterocycles. The molecule has 0 amide bonds. The van der Waals surface area contributed by atoms with Crippen molar-refractivity contribution >= 4 is 22.8 Å². The number of hydrogen-bond acceptors (Lipinski definition) is 8. The Labute approximate surface area is 235 Å². The van der Waals surface area contributed by atoms with E-state index in [1.165, 1.54) is 6.07 Å². The summed E-state index contributed by atoms with van der Waals surface area (Å²) < 4.78 is 27.9. The number of furan rings is 1. The Morgan fingerprint density at radius 1 is 1.15 bits per heavy atom. The molecule has 5 heterocycles. The molecule has 3 aliphatic carbocycles. The molecule has 11 heteroatoms. The van der Waals surface area contributed by atoms with Gasteiger partial charge in [-0.3, -0.25) is 9.89 Å². The molecule has 2 N–H and O–H groups in total. The lowest BCUT2D eigenvalue weighted by atomic mass is 9.61. The van der Waals surface area contributed by atoms with Crippen molar-refractivity contribution in [1.29, 1.82) is 0 Å². The SMILES string of the molecule is CCOC(=O)[C@H]1C2CCC(CC2)[C@@H]1Nc1cc(-c2ccc(-c3cccn3C)o2)nc(-c2[nH]nc3ncc(F)cc23)n1. The Morgan fingerprint density at radius 2 is 1.95 bits per heavy atom. The van der Waals surface area contributed by atoms with E-state index >= 15 is 0 Å². The molecule has 8 rings (SSSR count). The molecule has 2 atom stereocenters. The number of nitrogens with zero attached hydrogens (tertiary/aromatic N) is 5. The van der Waals surface area contributed by atoms with Gasteiger partial charge in [0.25, 0.3) is 0 Å². The Bertz CT molecular complexity index is 1730. The number of aromatic nitrogens is 6. The number of aromatic amines is 1. The first-order valence-electron chi connectivity index (χ1n) is 14.0.